The van der Waals surface area contributed by atoms with Crippen molar-refractivity contribution in [2.75, 3.05) is 32.8 Å². The summed E-state index contributed by atoms with van der Waals surface area (Å²) in [7, 11) is 0. The van der Waals surface area contributed by atoms with Crippen LogP contribution in [0.25, 0.3) is 0 Å². The number of nitrogens with one attached hydrogen (secondary N) is 1. The molecular formula is C19H38N2O3. The van der Waals surface area contributed by atoms with Crippen LogP contribution in [0.1, 0.15) is 67.2 Å². The van der Waals surface area contributed by atoms with E-state index < -0.39 is 5.60 Å². The summed E-state index contributed by atoms with van der Waals surface area (Å²) in [6.07, 6.45) is 4.15. The Morgan fingerprint density at radius 2 is 1.96 bits per heavy atom. The van der Waals surface area contributed by atoms with E-state index >= 15 is 0 Å². The van der Waals surface area contributed by atoms with Crippen molar-refractivity contribution in [2.24, 2.45) is 10.8 Å². The van der Waals surface area contributed by atoms with Crippen molar-refractivity contribution < 1.29 is 14.6 Å². The van der Waals surface area contributed by atoms with E-state index in [1.807, 2.05) is 25.7 Å². The average Bonchev–Trinajstić information content (AvgIpc) is 2.46. The third-order valence-electron chi connectivity index (χ3n) is 4.63. The van der Waals surface area contributed by atoms with E-state index in [2.05, 4.69) is 26.1 Å². The first-order valence-electron chi connectivity index (χ1n) is 9.32. The zero-order valence-electron chi connectivity index (χ0n) is 16.6. The second-order valence-corrected chi connectivity index (χ2v) is 9.18. The van der Waals surface area contributed by atoms with Gasteiger partial charge in [-0.15, -0.1) is 0 Å². The summed E-state index contributed by atoms with van der Waals surface area (Å²) in [6.45, 7) is 15.4. The lowest BCUT2D eigenvalue weighted by atomic mass is 9.76. The maximum atomic E-state index is 12.4. The molecule has 0 aromatic carbocycles. The van der Waals surface area contributed by atoms with Crippen LogP contribution in [0.4, 0.5) is 4.79 Å². The van der Waals surface area contributed by atoms with Crippen molar-refractivity contribution in [1.82, 2.24) is 10.2 Å². The minimum absolute atomic E-state index is 0.107. The second kappa shape index (κ2) is 8.52. The molecule has 24 heavy (non-hydrogen) atoms. The number of carbonyl (C=O) groups excluding carboxylic acids is 1. The van der Waals surface area contributed by atoms with Crippen LogP contribution in [0, 0.1) is 10.8 Å². The lowest BCUT2D eigenvalue weighted by Gasteiger charge is -2.43. The molecule has 0 saturated carbocycles. The smallest absolute Gasteiger partial charge is 0.410 e. The number of hydrogen-bond donors (Lipinski definition) is 2. The van der Waals surface area contributed by atoms with Crippen LogP contribution >= 0.6 is 0 Å². The Labute approximate surface area is 148 Å². The van der Waals surface area contributed by atoms with Gasteiger partial charge in [0.1, 0.15) is 5.60 Å². The van der Waals surface area contributed by atoms with Crippen LogP contribution in [-0.4, -0.2) is 54.5 Å². The van der Waals surface area contributed by atoms with Crippen LogP contribution in [0.2, 0.25) is 0 Å². The molecule has 0 aliphatic carbocycles. The molecule has 1 aliphatic rings. The predicted octanol–water partition coefficient (Wildman–Crippen LogP) is 3.41. The van der Waals surface area contributed by atoms with Crippen molar-refractivity contribution in [3.8, 4) is 0 Å². The Balaban J connectivity index is 2.69. The minimum atomic E-state index is -0.453. The summed E-state index contributed by atoms with van der Waals surface area (Å²) in [5, 5.41) is 13.0. The Hall–Kier alpha value is -0.810. The van der Waals surface area contributed by atoms with Gasteiger partial charge in [-0.2, -0.15) is 0 Å². The highest BCUT2D eigenvalue weighted by molar-refractivity contribution is 5.68. The zero-order chi connectivity index (χ0) is 18.4. The molecule has 0 spiro atoms. The number of aliphatic hydroxyl groups excluding tert-OH is 1. The number of ether oxygens (including phenoxy) is 1. The van der Waals surface area contributed by atoms with E-state index in [-0.39, 0.29) is 23.5 Å². The fourth-order valence-electron chi connectivity index (χ4n) is 3.38. The van der Waals surface area contributed by atoms with Gasteiger partial charge in [-0.3, -0.25) is 0 Å². The number of nitrogens with zero attached hydrogens (tertiary/aromatic N) is 1. The van der Waals surface area contributed by atoms with Gasteiger partial charge in [-0.1, -0.05) is 27.2 Å². The Bertz CT molecular complexity index is 400. The molecule has 5 heteroatoms. The van der Waals surface area contributed by atoms with Crippen LogP contribution < -0.4 is 5.32 Å². The molecule has 5 nitrogen and oxygen atoms in total. The maximum absolute atomic E-state index is 12.4. The van der Waals surface area contributed by atoms with Crippen LogP contribution in [-0.2, 0) is 4.74 Å². The first-order valence-corrected chi connectivity index (χ1v) is 9.32. The number of aliphatic hydroxyl groups is 1. The van der Waals surface area contributed by atoms with Gasteiger partial charge in [0.15, 0.2) is 0 Å². The third kappa shape index (κ3) is 6.98. The fourth-order valence-corrected chi connectivity index (χ4v) is 3.38. The lowest BCUT2D eigenvalue weighted by molar-refractivity contribution is 0.00185. The SMILES string of the molecule is CCCC1(CNCC(C)(C)CO)CCCN(C(=O)OC(C)(C)C)C1. The van der Waals surface area contributed by atoms with Crippen LogP contribution in [0.3, 0.4) is 0 Å². The van der Waals surface area contributed by atoms with E-state index in [4.69, 9.17) is 4.74 Å². The largest absolute Gasteiger partial charge is 0.444 e. The van der Waals surface area contributed by atoms with Crippen molar-refractivity contribution in [1.29, 1.82) is 0 Å². The topological polar surface area (TPSA) is 61.8 Å². The summed E-state index contributed by atoms with van der Waals surface area (Å²) >= 11 is 0. The summed E-state index contributed by atoms with van der Waals surface area (Å²) in [5.74, 6) is 0. The first kappa shape index (κ1) is 21.2. The normalized spacial score (nSPS) is 22.5. The second-order valence-electron chi connectivity index (χ2n) is 9.18. The molecule has 2 N–H and O–H groups in total. The molecule has 1 amide bonds. The van der Waals surface area contributed by atoms with Gasteiger partial charge >= 0.3 is 6.09 Å². The number of carbonyl (C=O) groups is 1. The molecule has 0 radical (unpaired) electrons. The third-order valence-corrected chi connectivity index (χ3v) is 4.63. The van der Waals surface area contributed by atoms with E-state index in [1.165, 1.54) is 0 Å². The standard InChI is InChI=1S/C19H38N2O3/c1-7-9-19(13-20-12-18(5,6)15-22)10-8-11-21(14-19)16(23)24-17(2,3)4/h20,22H,7-15H2,1-6H3. The number of hydrogen-bond acceptors (Lipinski definition) is 4. The van der Waals surface area contributed by atoms with Crippen molar-refractivity contribution in [3.63, 3.8) is 0 Å². The summed E-state index contributed by atoms with van der Waals surface area (Å²) < 4.78 is 5.56. The first-order chi connectivity index (χ1) is 11.0. The molecular weight excluding hydrogens is 304 g/mol. The van der Waals surface area contributed by atoms with E-state index in [9.17, 15) is 9.90 Å². The average molecular weight is 343 g/mol. The maximum Gasteiger partial charge on any atom is 0.410 e. The molecule has 0 aromatic heterocycles. The Kier molecular flexibility index (Phi) is 7.54. The molecule has 1 atom stereocenters. The van der Waals surface area contributed by atoms with Crippen molar-refractivity contribution in [2.45, 2.75) is 72.8 Å². The number of amides is 1. The van der Waals surface area contributed by atoms with Gasteiger partial charge in [-0.05, 0) is 40.0 Å². The monoisotopic (exact) mass is 342 g/mol. The Morgan fingerprint density at radius 3 is 2.50 bits per heavy atom. The molecule has 1 saturated heterocycles. The number of likely N-dealkylation sites (tertiary alicyclic amines) is 1. The van der Waals surface area contributed by atoms with Crippen LogP contribution in [0.15, 0.2) is 0 Å². The quantitative estimate of drug-likeness (QED) is 0.744. The molecule has 1 aliphatic heterocycles. The highest BCUT2D eigenvalue weighted by atomic mass is 16.6. The zero-order valence-corrected chi connectivity index (χ0v) is 16.6. The van der Waals surface area contributed by atoms with Crippen molar-refractivity contribution >= 4 is 6.09 Å². The van der Waals surface area contributed by atoms with Gasteiger partial charge in [0, 0.05) is 43.6 Å². The molecule has 1 rings (SSSR count). The van der Waals surface area contributed by atoms with Gasteiger partial charge in [0.25, 0.3) is 0 Å². The van der Waals surface area contributed by atoms with Crippen molar-refractivity contribution in [3.05, 3.63) is 0 Å². The highest BCUT2D eigenvalue weighted by Gasteiger charge is 2.37. The molecule has 142 valence electrons. The molecule has 1 heterocycles. The number of piperidine rings is 1. The number of rotatable bonds is 7. The van der Waals surface area contributed by atoms with Gasteiger partial charge in [0.2, 0.25) is 0 Å². The van der Waals surface area contributed by atoms with Gasteiger partial charge < -0.3 is 20.1 Å². The summed E-state index contributed by atoms with van der Waals surface area (Å²) in [6, 6.07) is 0. The van der Waals surface area contributed by atoms with E-state index in [0.29, 0.717) is 0 Å². The van der Waals surface area contributed by atoms with Crippen LogP contribution in [0.5, 0.6) is 0 Å². The molecule has 1 unspecified atom stereocenters. The predicted molar refractivity (Wildman–Crippen MR) is 98.1 cm³/mol. The summed E-state index contributed by atoms with van der Waals surface area (Å²) in [5.41, 5.74) is -0.465. The Morgan fingerprint density at radius 1 is 1.29 bits per heavy atom. The fraction of sp³-hybridized carbons (Fsp3) is 0.947. The molecule has 0 aromatic rings. The molecule has 0 bridgehead atoms. The summed E-state index contributed by atoms with van der Waals surface area (Å²) in [4.78, 5) is 14.3. The molecule has 1 fully saturated rings. The minimum Gasteiger partial charge on any atom is -0.444 e. The van der Waals surface area contributed by atoms with Gasteiger partial charge in [0.05, 0.1) is 0 Å². The van der Waals surface area contributed by atoms with E-state index in [1.54, 1.807) is 0 Å². The van der Waals surface area contributed by atoms with Gasteiger partial charge in [-0.25, -0.2) is 4.79 Å². The van der Waals surface area contributed by atoms with E-state index in [0.717, 1.165) is 51.9 Å². The highest BCUT2D eigenvalue weighted by Crippen LogP contribution is 2.35. The lowest BCUT2D eigenvalue weighted by Crippen LogP contribution is -2.52.